The molecule has 0 saturated heterocycles. The van der Waals surface area contributed by atoms with E-state index in [0.717, 1.165) is 36.9 Å². The third-order valence-electron chi connectivity index (χ3n) is 2.65. The fourth-order valence-corrected chi connectivity index (χ4v) is 2.20. The van der Waals surface area contributed by atoms with Gasteiger partial charge in [-0.05, 0) is 31.9 Å². The van der Waals surface area contributed by atoms with Crippen molar-refractivity contribution in [3.05, 3.63) is 23.9 Å². The molecule has 1 aromatic heterocycles. The van der Waals surface area contributed by atoms with Gasteiger partial charge in [0.05, 0.1) is 15.8 Å². The summed E-state index contributed by atoms with van der Waals surface area (Å²) >= 11 is 1.15. The summed E-state index contributed by atoms with van der Waals surface area (Å²) in [5, 5.41) is 2.88. The average molecular weight is 290 g/mol. The monoisotopic (exact) mass is 290 g/mol. The second-order valence-corrected chi connectivity index (χ2v) is 5.79. The van der Waals surface area contributed by atoms with Crippen molar-refractivity contribution in [1.29, 1.82) is 0 Å². The molecule has 1 atom stereocenters. The van der Waals surface area contributed by atoms with Crippen molar-refractivity contribution in [1.82, 2.24) is 10.3 Å². The molecule has 1 aliphatic carbocycles. The second kappa shape index (κ2) is 5.40. The topological polar surface area (TPSA) is 42.0 Å². The predicted molar refractivity (Wildman–Crippen MR) is 65.7 cm³/mol. The number of rotatable bonds is 4. The van der Waals surface area contributed by atoms with Gasteiger partial charge >= 0.3 is 6.18 Å². The van der Waals surface area contributed by atoms with Crippen molar-refractivity contribution in [2.45, 2.75) is 42.3 Å². The summed E-state index contributed by atoms with van der Waals surface area (Å²) in [7, 11) is 0. The molecule has 1 fully saturated rings. The van der Waals surface area contributed by atoms with Gasteiger partial charge in [-0.25, -0.2) is 4.98 Å². The first-order chi connectivity index (χ1) is 8.86. The Kier molecular flexibility index (Phi) is 4.03. The molecule has 1 heterocycles. The van der Waals surface area contributed by atoms with E-state index < -0.39 is 11.7 Å². The van der Waals surface area contributed by atoms with Crippen LogP contribution in [0.3, 0.4) is 0 Å². The lowest BCUT2D eigenvalue weighted by Crippen LogP contribution is -2.32. The van der Waals surface area contributed by atoms with Crippen LogP contribution in [0.4, 0.5) is 13.2 Å². The van der Waals surface area contributed by atoms with Crippen LogP contribution in [-0.2, 0) is 11.0 Å². The third kappa shape index (κ3) is 4.12. The van der Waals surface area contributed by atoms with Crippen LogP contribution in [0.2, 0.25) is 0 Å². The predicted octanol–water partition coefficient (Wildman–Crippen LogP) is 2.86. The van der Waals surface area contributed by atoms with Crippen molar-refractivity contribution >= 4 is 17.7 Å². The lowest BCUT2D eigenvalue weighted by Gasteiger charge is -2.11. The molecular weight excluding hydrogens is 277 g/mol. The molecule has 0 aliphatic heterocycles. The molecule has 3 nitrogen and oxygen atoms in total. The van der Waals surface area contributed by atoms with E-state index in [1.165, 1.54) is 6.07 Å². The molecule has 0 unspecified atom stereocenters. The number of alkyl halides is 3. The molecular formula is C12H13F3N2OS. The smallest absolute Gasteiger partial charge is 0.352 e. The molecule has 19 heavy (non-hydrogen) atoms. The molecule has 0 bridgehead atoms. The maximum absolute atomic E-state index is 12.3. The van der Waals surface area contributed by atoms with Crippen LogP contribution >= 0.6 is 11.8 Å². The molecule has 0 spiro atoms. The zero-order valence-corrected chi connectivity index (χ0v) is 11.0. The van der Waals surface area contributed by atoms with Gasteiger partial charge in [-0.3, -0.25) is 4.79 Å². The molecule has 7 heteroatoms. The number of halogens is 3. The van der Waals surface area contributed by atoms with E-state index in [1.54, 1.807) is 6.92 Å². The number of hydrogen-bond acceptors (Lipinski definition) is 3. The number of aromatic nitrogens is 1. The van der Waals surface area contributed by atoms with Crippen LogP contribution in [0.5, 0.6) is 0 Å². The van der Waals surface area contributed by atoms with Gasteiger partial charge in [0, 0.05) is 12.2 Å². The maximum Gasteiger partial charge on any atom is 0.417 e. The first-order valence-electron chi connectivity index (χ1n) is 5.86. The number of amides is 1. The fraction of sp³-hybridized carbons (Fsp3) is 0.500. The zero-order chi connectivity index (χ0) is 14.0. The molecule has 1 amide bonds. The lowest BCUT2D eigenvalue weighted by molar-refractivity contribution is -0.137. The number of carbonyl (C=O) groups is 1. The molecule has 1 aliphatic rings. The van der Waals surface area contributed by atoms with Crippen LogP contribution in [0, 0.1) is 0 Å². The highest BCUT2D eigenvalue weighted by molar-refractivity contribution is 8.00. The Morgan fingerprint density at radius 3 is 2.63 bits per heavy atom. The fourth-order valence-electron chi connectivity index (χ4n) is 1.40. The number of nitrogens with zero attached hydrogens (tertiary/aromatic N) is 1. The Balaban J connectivity index is 1.93. The summed E-state index contributed by atoms with van der Waals surface area (Å²) in [4.78, 5) is 15.4. The van der Waals surface area contributed by atoms with Crippen LogP contribution in [0.25, 0.3) is 0 Å². The second-order valence-electron chi connectivity index (χ2n) is 4.43. The molecule has 0 aromatic carbocycles. The molecule has 0 radical (unpaired) electrons. The summed E-state index contributed by atoms with van der Waals surface area (Å²) in [5.74, 6) is -0.103. The lowest BCUT2D eigenvalue weighted by atomic mass is 10.3. The Labute approximate surface area is 113 Å². The standard InChI is InChI=1S/C12H13F3N2OS/c1-7(11(18)17-9-3-4-9)19-10-5-2-8(6-16-10)12(13,14)15/h2,5-7,9H,3-4H2,1H3,(H,17,18)/t7-/m1/s1. The minimum absolute atomic E-state index is 0.103. The summed E-state index contributed by atoms with van der Waals surface area (Å²) in [6.45, 7) is 1.71. The van der Waals surface area contributed by atoms with Crippen LogP contribution in [-0.4, -0.2) is 22.2 Å². The van der Waals surface area contributed by atoms with Gasteiger partial charge in [-0.15, -0.1) is 0 Å². The molecule has 104 valence electrons. The number of nitrogens with one attached hydrogen (secondary N) is 1. The van der Waals surface area contributed by atoms with E-state index in [4.69, 9.17) is 0 Å². The van der Waals surface area contributed by atoms with E-state index >= 15 is 0 Å². The quantitative estimate of drug-likeness (QED) is 0.867. The number of carbonyl (C=O) groups excluding carboxylic acids is 1. The van der Waals surface area contributed by atoms with E-state index in [-0.39, 0.29) is 17.2 Å². The van der Waals surface area contributed by atoms with E-state index in [1.807, 2.05) is 0 Å². The van der Waals surface area contributed by atoms with Crippen molar-refractivity contribution in [3.63, 3.8) is 0 Å². The molecule has 1 N–H and O–H groups in total. The van der Waals surface area contributed by atoms with Crippen LogP contribution in [0.1, 0.15) is 25.3 Å². The maximum atomic E-state index is 12.3. The van der Waals surface area contributed by atoms with Crippen molar-refractivity contribution in [3.8, 4) is 0 Å². The van der Waals surface area contributed by atoms with Crippen LogP contribution < -0.4 is 5.32 Å². The highest BCUT2D eigenvalue weighted by atomic mass is 32.2. The normalized spacial score (nSPS) is 17.1. The minimum Gasteiger partial charge on any atom is -0.352 e. The Hall–Kier alpha value is -1.24. The van der Waals surface area contributed by atoms with Gasteiger partial charge in [0.25, 0.3) is 0 Å². The summed E-state index contributed by atoms with van der Waals surface area (Å²) in [5.41, 5.74) is -0.785. The number of pyridine rings is 1. The molecule has 1 aromatic rings. The number of thioether (sulfide) groups is 1. The third-order valence-corrected chi connectivity index (χ3v) is 3.70. The van der Waals surface area contributed by atoms with Crippen LogP contribution in [0.15, 0.2) is 23.4 Å². The highest BCUT2D eigenvalue weighted by Crippen LogP contribution is 2.30. The van der Waals surface area contributed by atoms with Gasteiger partial charge in [-0.2, -0.15) is 13.2 Å². The first kappa shape index (κ1) is 14.2. The van der Waals surface area contributed by atoms with Gasteiger partial charge in [0.1, 0.15) is 0 Å². The first-order valence-corrected chi connectivity index (χ1v) is 6.74. The van der Waals surface area contributed by atoms with Crippen molar-refractivity contribution in [2.75, 3.05) is 0 Å². The Morgan fingerprint density at radius 2 is 2.16 bits per heavy atom. The van der Waals surface area contributed by atoms with Gasteiger partial charge in [0.15, 0.2) is 0 Å². The van der Waals surface area contributed by atoms with E-state index in [9.17, 15) is 18.0 Å². The average Bonchev–Trinajstić information content (AvgIpc) is 3.12. The SMILES string of the molecule is C[C@@H](Sc1ccc(C(F)(F)F)cn1)C(=O)NC1CC1. The summed E-state index contributed by atoms with van der Waals surface area (Å²) in [6.07, 6.45) is -1.59. The largest absolute Gasteiger partial charge is 0.417 e. The number of hydrogen-bond donors (Lipinski definition) is 1. The molecule has 2 rings (SSSR count). The van der Waals surface area contributed by atoms with Gasteiger partial charge < -0.3 is 5.32 Å². The summed E-state index contributed by atoms with van der Waals surface area (Å²) < 4.78 is 37.0. The zero-order valence-electron chi connectivity index (χ0n) is 10.2. The highest BCUT2D eigenvalue weighted by Gasteiger charge is 2.31. The van der Waals surface area contributed by atoms with Gasteiger partial charge in [0.2, 0.25) is 5.91 Å². The minimum atomic E-state index is -4.38. The molecule has 1 saturated carbocycles. The van der Waals surface area contributed by atoms with E-state index in [0.29, 0.717) is 5.03 Å². The Bertz CT molecular complexity index is 457. The Morgan fingerprint density at radius 1 is 1.47 bits per heavy atom. The van der Waals surface area contributed by atoms with Crippen molar-refractivity contribution < 1.29 is 18.0 Å². The van der Waals surface area contributed by atoms with Gasteiger partial charge in [-0.1, -0.05) is 11.8 Å². The van der Waals surface area contributed by atoms with Crippen molar-refractivity contribution in [2.24, 2.45) is 0 Å². The van der Waals surface area contributed by atoms with E-state index in [2.05, 4.69) is 10.3 Å². The summed E-state index contributed by atoms with van der Waals surface area (Å²) in [6, 6.07) is 2.53.